The van der Waals surface area contributed by atoms with E-state index in [1.54, 1.807) is 24.3 Å². The van der Waals surface area contributed by atoms with Crippen molar-refractivity contribution < 1.29 is 19.1 Å². The fraction of sp³-hybridized carbons (Fsp3) is 0.222. The summed E-state index contributed by atoms with van der Waals surface area (Å²) in [6.07, 6.45) is 1.49. The van der Waals surface area contributed by atoms with E-state index in [0.717, 1.165) is 11.1 Å². The Morgan fingerprint density at radius 3 is 2.43 bits per heavy atom. The first kappa shape index (κ1) is 16.5. The van der Waals surface area contributed by atoms with Crippen LogP contribution in [0.5, 0.6) is 5.75 Å². The first-order chi connectivity index (χ1) is 11.2. The molecule has 118 valence electrons. The van der Waals surface area contributed by atoms with Crippen molar-refractivity contribution in [2.24, 2.45) is 4.99 Å². The highest BCUT2D eigenvalue weighted by Gasteiger charge is 2.15. The number of benzene rings is 2. The predicted octanol–water partition coefficient (Wildman–Crippen LogP) is 3.21. The van der Waals surface area contributed by atoms with Crippen LogP contribution < -0.4 is 4.74 Å². The van der Waals surface area contributed by atoms with Crippen LogP contribution in [0.3, 0.4) is 0 Å². The molecule has 5 heteroatoms. The smallest absolute Gasteiger partial charge is 0.308 e. The molecule has 0 aliphatic carbocycles. The molecule has 0 saturated carbocycles. The Morgan fingerprint density at radius 2 is 1.83 bits per heavy atom. The van der Waals surface area contributed by atoms with Crippen LogP contribution in [0.25, 0.3) is 0 Å². The summed E-state index contributed by atoms with van der Waals surface area (Å²) in [6, 6.07) is 16.3. The van der Waals surface area contributed by atoms with E-state index in [-0.39, 0.29) is 6.42 Å². The molecule has 1 atom stereocenters. The van der Waals surface area contributed by atoms with E-state index in [1.807, 2.05) is 30.3 Å². The van der Waals surface area contributed by atoms with Crippen molar-refractivity contribution >= 4 is 12.0 Å². The second kappa shape index (κ2) is 8.51. The summed E-state index contributed by atoms with van der Waals surface area (Å²) in [5, 5.41) is 0. The molecule has 0 spiro atoms. The first-order valence-electron chi connectivity index (χ1n) is 7.13. The van der Waals surface area contributed by atoms with Gasteiger partial charge in [-0.15, -0.1) is 0 Å². The topological polar surface area (TPSA) is 65.0 Å². The molecular weight excluding hydrogens is 294 g/mol. The van der Waals surface area contributed by atoms with Crippen LogP contribution in [0.1, 0.15) is 23.6 Å². The Hall–Kier alpha value is -2.91. The highest BCUT2D eigenvalue weighted by Crippen LogP contribution is 2.24. The van der Waals surface area contributed by atoms with Gasteiger partial charge in [-0.3, -0.25) is 4.79 Å². The summed E-state index contributed by atoms with van der Waals surface area (Å²) in [6.45, 7) is 0.471. The predicted molar refractivity (Wildman–Crippen MR) is 84.7 cm³/mol. The molecule has 0 amide bonds. The highest BCUT2D eigenvalue weighted by molar-refractivity contribution is 5.70. The summed E-state index contributed by atoms with van der Waals surface area (Å²) in [7, 11) is 1.30. The monoisotopic (exact) mass is 311 g/mol. The van der Waals surface area contributed by atoms with E-state index in [2.05, 4.69) is 9.73 Å². The zero-order chi connectivity index (χ0) is 16.5. The number of aliphatic imine (C=N–C) groups is 1. The molecule has 0 bridgehead atoms. The minimum absolute atomic E-state index is 0.00401. The second-order valence-corrected chi connectivity index (χ2v) is 4.86. The fourth-order valence-electron chi connectivity index (χ4n) is 2.07. The maximum Gasteiger partial charge on any atom is 0.308 e. The van der Waals surface area contributed by atoms with Crippen LogP contribution in [-0.4, -0.2) is 19.2 Å². The second-order valence-electron chi connectivity index (χ2n) is 4.86. The van der Waals surface area contributed by atoms with E-state index in [9.17, 15) is 9.59 Å². The van der Waals surface area contributed by atoms with Crippen molar-refractivity contribution in [3.8, 4) is 5.75 Å². The lowest BCUT2D eigenvalue weighted by molar-refractivity contribution is -0.141. The van der Waals surface area contributed by atoms with Crippen LogP contribution in [0, 0.1) is 0 Å². The third kappa shape index (κ3) is 5.09. The molecule has 0 heterocycles. The fourth-order valence-corrected chi connectivity index (χ4v) is 2.07. The standard InChI is InChI=1S/C18H17NO4/c1-22-18(21)11-17(19-13-20)15-7-9-16(10-8-15)23-12-14-5-3-2-4-6-14/h2-10,17H,11-12H2,1H3. The lowest BCUT2D eigenvalue weighted by Gasteiger charge is -2.11. The van der Waals surface area contributed by atoms with Gasteiger partial charge in [-0.2, -0.15) is 4.99 Å². The molecule has 23 heavy (non-hydrogen) atoms. The number of esters is 1. The number of ether oxygens (including phenoxy) is 2. The van der Waals surface area contributed by atoms with E-state index >= 15 is 0 Å². The molecule has 1 unspecified atom stereocenters. The average Bonchev–Trinajstić information content (AvgIpc) is 2.61. The van der Waals surface area contributed by atoms with Gasteiger partial charge in [0.2, 0.25) is 6.08 Å². The molecule has 5 nitrogen and oxygen atoms in total. The van der Waals surface area contributed by atoms with Gasteiger partial charge < -0.3 is 9.47 Å². The Labute approximate surface area is 134 Å². The SMILES string of the molecule is COC(=O)CC(N=C=O)c1ccc(OCc2ccccc2)cc1. The lowest BCUT2D eigenvalue weighted by Crippen LogP contribution is -2.07. The van der Waals surface area contributed by atoms with Crippen LogP contribution in [-0.2, 0) is 20.9 Å². The Morgan fingerprint density at radius 1 is 1.13 bits per heavy atom. The Bertz CT molecular complexity index is 676. The van der Waals surface area contributed by atoms with E-state index in [0.29, 0.717) is 12.4 Å². The molecule has 0 radical (unpaired) electrons. The van der Waals surface area contributed by atoms with Crippen molar-refractivity contribution in [3.05, 3.63) is 65.7 Å². The molecule has 2 aromatic rings. The van der Waals surface area contributed by atoms with Crippen LogP contribution in [0.4, 0.5) is 0 Å². The van der Waals surface area contributed by atoms with Gasteiger partial charge in [-0.25, -0.2) is 4.79 Å². The number of hydrogen-bond donors (Lipinski definition) is 0. The number of isocyanates is 1. The summed E-state index contributed by atoms with van der Waals surface area (Å²) < 4.78 is 10.3. The molecule has 0 fully saturated rings. The third-order valence-electron chi connectivity index (χ3n) is 3.31. The molecule has 0 saturated heterocycles. The minimum Gasteiger partial charge on any atom is -0.489 e. The summed E-state index contributed by atoms with van der Waals surface area (Å²) >= 11 is 0. The van der Waals surface area contributed by atoms with Gasteiger partial charge in [0, 0.05) is 0 Å². The molecule has 0 N–H and O–H groups in total. The van der Waals surface area contributed by atoms with Gasteiger partial charge >= 0.3 is 5.97 Å². The lowest BCUT2D eigenvalue weighted by atomic mass is 10.0. The van der Waals surface area contributed by atoms with Gasteiger partial charge in [0.1, 0.15) is 12.4 Å². The Kier molecular flexibility index (Phi) is 6.09. The van der Waals surface area contributed by atoms with E-state index in [1.165, 1.54) is 13.2 Å². The van der Waals surface area contributed by atoms with Crippen molar-refractivity contribution in [2.75, 3.05) is 7.11 Å². The quantitative estimate of drug-likeness (QED) is 0.447. The summed E-state index contributed by atoms with van der Waals surface area (Å²) in [5.74, 6) is 0.267. The number of carbonyl (C=O) groups excluding carboxylic acids is 2. The largest absolute Gasteiger partial charge is 0.489 e. The maximum atomic E-state index is 11.4. The van der Waals surface area contributed by atoms with Crippen LogP contribution in [0.15, 0.2) is 59.6 Å². The highest BCUT2D eigenvalue weighted by atomic mass is 16.5. The molecule has 2 rings (SSSR count). The Balaban J connectivity index is 2.02. The van der Waals surface area contributed by atoms with Crippen molar-refractivity contribution in [2.45, 2.75) is 19.1 Å². The van der Waals surface area contributed by atoms with Crippen molar-refractivity contribution in [1.29, 1.82) is 0 Å². The van der Waals surface area contributed by atoms with Gasteiger partial charge in [0.05, 0.1) is 19.6 Å². The zero-order valence-electron chi connectivity index (χ0n) is 12.8. The molecule has 0 aliphatic rings. The molecule has 2 aromatic carbocycles. The van der Waals surface area contributed by atoms with E-state index < -0.39 is 12.0 Å². The first-order valence-corrected chi connectivity index (χ1v) is 7.13. The van der Waals surface area contributed by atoms with Crippen molar-refractivity contribution in [1.82, 2.24) is 0 Å². The molecule has 0 aromatic heterocycles. The van der Waals surface area contributed by atoms with Gasteiger partial charge in [-0.1, -0.05) is 42.5 Å². The van der Waals surface area contributed by atoms with Crippen LogP contribution >= 0.6 is 0 Å². The van der Waals surface area contributed by atoms with Gasteiger partial charge in [-0.05, 0) is 23.3 Å². The zero-order valence-corrected chi connectivity index (χ0v) is 12.8. The number of rotatable bonds is 7. The van der Waals surface area contributed by atoms with Gasteiger partial charge in [0.25, 0.3) is 0 Å². The van der Waals surface area contributed by atoms with E-state index in [4.69, 9.17) is 4.74 Å². The van der Waals surface area contributed by atoms with Crippen LogP contribution in [0.2, 0.25) is 0 Å². The summed E-state index contributed by atoms with van der Waals surface area (Å²) in [5.41, 5.74) is 1.80. The minimum atomic E-state index is -0.594. The maximum absolute atomic E-state index is 11.4. The van der Waals surface area contributed by atoms with Gasteiger partial charge in [0.15, 0.2) is 0 Å². The normalized spacial score (nSPS) is 11.2. The number of carbonyl (C=O) groups is 1. The number of hydrogen-bond acceptors (Lipinski definition) is 5. The third-order valence-corrected chi connectivity index (χ3v) is 3.31. The molecule has 0 aliphatic heterocycles. The number of methoxy groups -OCH3 is 1. The summed E-state index contributed by atoms with van der Waals surface area (Å²) in [4.78, 5) is 25.5. The van der Waals surface area contributed by atoms with Crippen molar-refractivity contribution in [3.63, 3.8) is 0 Å². The molecular formula is C18H17NO4. The number of nitrogens with zero attached hydrogens (tertiary/aromatic N) is 1. The average molecular weight is 311 g/mol.